The minimum atomic E-state index is -6.13. The highest BCUT2D eigenvalue weighted by Gasteiger charge is 2.47. The van der Waals surface area contributed by atoms with Gasteiger partial charge < -0.3 is 4.74 Å². The number of fused-ring (bicyclic) bond motifs is 1. The minimum Gasteiger partial charge on any atom is -0.405 e. The summed E-state index contributed by atoms with van der Waals surface area (Å²) in [5.74, 6) is 1.05. The van der Waals surface area contributed by atoms with E-state index in [0.717, 1.165) is 16.5 Å². The van der Waals surface area contributed by atoms with Gasteiger partial charge in [-0.1, -0.05) is 97.1 Å². The molecule has 84 heavy (non-hydrogen) atoms. The highest BCUT2D eigenvalue weighted by atomic mass is 19.4. The minimum absolute atomic E-state index is 0.00268. The summed E-state index contributed by atoms with van der Waals surface area (Å²) in [7, 11) is 0. The number of pyridine rings is 1. The van der Waals surface area contributed by atoms with Gasteiger partial charge in [0.25, 0.3) is 5.69 Å². The van der Waals surface area contributed by atoms with Gasteiger partial charge in [-0.2, -0.15) is 132 Å². The van der Waals surface area contributed by atoms with Crippen molar-refractivity contribution in [3.63, 3.8) is 0 Å². The standard InChI is InChI=1S/C32H12BF24.C22H17N2O3/c34-25(35,36)13-1-14(26(37,38)39)6-21(5-13)33(22-7-15(27(40,41)42)2-16(8-22)28(43,44)45,23-9-17(29(46,47)48)3-18(10-23)30(49,50)51)24-11-19(31(52,53)54)4-20(12-24)32(55,56)57;25-24(26)19-10-6-11-20(15-19)27-22-14-13-18-9-4-5-12-21(18)23(22)16-17-7-2-1-3-8-17/h1-12H;1-15H,16H2/q-1;+1. The molecule has 0 fully saturated rings. The first-order chi connectivity index (χ1) is 38.5. The van der Waals surface area contributed by atoms with Crippen LogP contribution in [0.1, 0.15) is 50.1 Å². The summed E-state index contributed by atoms with van der Waals surface area (Å²) in [6.45, 7) is 0.631. The topological polar surface area (TPSA) is 56.3 Å². The smallest absolute Gasteiger partial charge is 0.405 e. The molecule has 0 amide bonds. The van der Waals surface area contributed by atoms with Crippen LogP contribution in [-0.2, 0) is 56.0 Å². The van der Waals surface area contributed by atoms with Gasteiger partial charge in [0.15, 0.2) is 6.54 Å². The van der Waals surface area contributed by atoms with Crippen molar-refractivity contribution in [2.45, 2.75) is 56.0 Å². The van der Waals surface area contributed by atoms with Crippen molar-refractivity contribution in [2.75, 3.05) is 0 Å². The van der Waals surface area contributed by atoms with Gasteiger partial charge in [0.2, 0.25) is 5.52 Å². The number of hydrogen-bond acceptors (Lipinski definition) is 3. The Morgan fingerprint density at radius 3 is 1.01 bits per heavy atom. The average molecular weight is 1220 g/mol. The summed E-state index contributed by atoms with van der Waals surface area (Å²) in [5, 5.41) is 12.1. The molecule has 8 rings (SSSR count). The zero-order chi connectivity index (χ0) is 62.6. The van der Waals surface area contributed by atoms with Crippen LogP contribution in [0.15, 0.2) is 164 Å². The largest absolute Gasteiger partial charge is 0.416 e. The average Bonchev–Trinajstić information content (AvgIpc) is 1.34. The number of nitro groups is 1. The number of nitro benzene ring substituents is 1. The first-order valence-electron chi connectivity index (χ1n) is 23.2. The molecule has 1 heterocycles. The lowest BCUT2D eigenvalue weighted by molar-refractivity contribution is -0.666. The number of alkyl halides is 24. The third kappa shape index (κ3) is 14.1. The lowest BCUT2D eigenvalue weighted by atomic mass is 9.12. The number of non-ortho nitro benzene ring substituents is 1. The van der Waals surface area contributed by atoms with E-state index in [9.17, 15) is 115 Å². The van der Waals surface area contributed by atoms with E-state index in [-0.39, 0.29) is 5.69 Å². The molecule has 0 aliphatic heterocycles. The highest BCUT2D eigenvalue weighted by molar-refractivity contribution is 7.20. The lowest BCUT2D eigenvalue weighted by Gasteiger charge is -2.46. The van der Waals surface area contributed by atoms with Gasteiger partial charge in [-0.25, -0.2) is 0 Å². The fourth-order valence-corrected chi connectivity index (χ4v) is 9.11. The molecular formula is C54H29BF24N2O3. The first kappa shape index (κ1) is 63.1. The van der Waals surface area contributed by atoms with E-state index in [1.54, 1.807) is 12.1 Å². The fourth-order valence-electron chi connectivity index (χ4n) is 9.11. The van der Waals surface area contributed by atoms with E-state index in [4.69, 9.17) is 4.74 Å². The number of hydrogen-bond donors (Lipinski definition) is 0. The molecule has 0 spiro atoms. The summed E-state index contributed by atoms with van der Waals surface area (Å²) in [5.41, 5.74) is -28.0. The summed E-state index contributed by atoms with van der Waals surface area (Å²) >= 11 is 0. The maximum atomic E-state index is 14.2. The molecule has 7 aromatic carbocycles. The van der Waals surface area contributed by atoms with Gasteiger partial charge in [-0.15, -0.1) is 0 Å². The molecule has 0 bridgehead atoms. The molecule has 0 unspecified atom stereocenters. The number of rotatable bonds is 9. The quantitative estimate of drug-likeness (QED) is 0.0476. The van der Waals surface area contributed by atoms with Gasteiger partial charge in [0.05, 0.1) is 61.6 Å². The van der Waals surface area contributed by atoms with E-state index in [0.29, 0.717) is 18.2 Å². The molecule has 0 radical (unpaired) electrons. The molecule has 5 nitrogen and oxygen atoms in total. The molecule has 0 N–H and O–H groups in total. The van der Waals surface area contributed by atoms with Crippen LogP contribution in [0.25, 0.3) is 10.9 Å². The molecule has 0 saturated heterocycles. The number of ether oxygens (including phenoxy) is 1. The molecule has 30 heteroatoms. The van der Waals surface area contributed by atoms with Crippen LogP contribution in [0.5, 0.6) is 11.6 Å². The van der Waals surface area contributed by atoms with Crippen LogP contribution in [-0.4, -0.2) is 11.1 Å². The molecule has 1 aromatic heterocycles. The summed E-state index contributed by atoms with van der Waals surface area (Å²) in [6.07, 6.45) is -54.8. The second-order valence-electron chi connectivity index (χ2n) is 18.4. The molecule has 8 aromatic rings. The lowest BCUT2D eigenvalue weighted by Crippen LogP contribution is -2.75. The van der Waals surface area contributed by atoms with Crippen molar-refractivity contribution < 1.29 is 120 Å². The van der Waals surface area contributed by atoms with Crippen molar-refractivity contribution in [1.82, 2.24) is 0 Å². The highest BCUT2D eigenvalue weighted by Crippen LogP contribution is 2.42. The second kappa shape index (κ2) is 22.3. The van der Waals surface area contributed by atoms with Crippen molar-refractivity contribution in [1.29, 1.82) is 0 Å². The van der Waals surface area contributed by atoms with Gasteiger partial charge in [0, 0.05) is 23.1 Å². The van der Waals surface area contributed by atoms with Crippen molar-refractivity contribution >= 4 is 44.6 Å². The molecule has 0 atom stereocenters. The van der Waals surface area contributed by atoms with Crippen LogP contribution in [0.4, 0.5) is 111 Å². The Labute approximate surface area is 455 Å². The van der Waals surface area contributed by atoms with Gasteiger partial charge >= 0.3 is 55.3 Å². The third-order valence-corrected chi connectivity index (χ3v) is 12.8. The number of aromatic nitrogens is 1. The summed E-state index contributed by atoms with van der Waals surface area (Å²) in [4.78, 5) is 10.6. The predicted octanol–water partition coefficient (Wildman–Crippen LogP) is 16.1. The first-order valence-corrected chi connectivity index (χ1v) is 23.2. The van der Waals surface area contributed by atoms with E-state index >= 15 is 0 Å². The Bertz CT molecular complexity index is 3290. The van der Waals surface area contributed by atoms with E-state index in [1.165, 1.54) is 12.1 Å². The molecule has 0 aliphatic rings. The van der Waals surface area contributed by atoms with Crippen molar-refractivity contribution in [3.05, 3.63) is 224 Å². The maximum absolute atomic E-state index is 14.2. The predicted molar refractivity (Wildman–Crippen MR) is 253 cm³/mol. The summed E-state index contributed by atoms with van der Waals surface area (Å²) in [6, 6.07) is 19.5. The van der Waals surface area contributed by atoms with Crippen LogP contribution in [0, 0.1) is 10.1 Å². The number of nitrogens with zero attached hydrogens (tertiary/aromatic N) is 2. The number of benzene rings is 7. The Balaban J connectivity index is 0.000000309. The molecular weight excluding hydrogens is 1190 g/mol. The van der Waals surface area contributed by atoms with Crippen LogP contribution < -0.4 is 31.2 Å². The van der Waals surface area contributed by atoms with Crippen molar-refractivity contribution in [3.8, 4) is 11.6 Å². The molecule has 0 saturated carbocycles. The normalized spacial score (nSPS) is 13.1. The van der Waals surface area contributed by atoms with Gasteiger partial charge in [-0.05, 0) is 42.5 Å². The SMILES string of the molecule is FC(F)(F)c1cc([B-](c2cc(C(F)(F)F)cc(C(F)(F)F)c2)(c2cc(C(F)(F)F)cc(C(F)(F)F)c2)c2cc(C(F)(F)F)cc(C(F)(F)F)c2)cc(C(F)(F)F)c1.O=[N+]([O-])c1cccc(Oc2ccc3ccccc3[n+]2Cc2ccccc2)c1. The van der Waals surface area contributed by atoms with Crippen LogP contribution in [0.3, 0.4) is 0 Å². The molecule has 0 aliphatic carbocycles. The monoisotopic (exact) mass is 1220 g/mol. The molecule has 444 valence electrons. The Morgan fingerprint density at radius 2 is 0.690 bits per heavy atom. The number of para-hydroxylation sites is 1. The fraction of sp³-hybridized carbons (Fsp3) is 0.167. The van der Waals surface area contributed by atoms with E-state index < -0.39 is 200 Å². The Kier molecular flexibility index (Phi) is 16.7. The zero-order valence-corrected chi connectivity index (χ0v) is 41.1. The van der Waals surface area contributed by atoms with E-state index in [2.05, 4.69) is 16.7 Å². The summed E-state index contributed by atoms with van der Waals surface area (Å²) < 4.78 is 349. The van der Waals surface area contributed by atoms with Crippen LogP contribution >= 0.6 is 0 Å². The van der Waals surface area contributed by atoms with Crippen molar-refractivity contribution in [2.24, 2.45) is 0 Å². The van der Waals surface area contributed by atoms with E-state index in [1.807, 2.05) is 54.6 Å². The second-order valence-corrected chi connectivity index (χ2v) is 18.4. The van der Waals surface area contributed by atoms with Crippen LogP contribution in [0.2, 0.25) is 0 Å². The van der Waals surface area contributed by atoms with Gasteiger partial charge in [-0.3, -0.25) is 10.1 Å². The third-order valence-electron chi connectivity index (χ3n) is 12.8. The zero-order valence-electron chi connectivity index (χ0n) is 41.1. The Morgan fingerprint density at radius 1 is 0.369 bits per heavy atom. The Hall–Kier alpha value is -8.47. The maximum Gasteiger partial charge on any atom is 0.416 e. The van der Waals surface area contributed by atoms with Gasteiger partial charge in [0.1, 0.15) is 11.9 Å². The number of halogens is 24.